The molecule has 0 bridgehead atoms. The van der Waals surface area contributed by atoms with Crippen molar-refractivity contribution < 1.29 is 75.4 Å². The van der Waals surface area contributed by atoms with E-state index >= 15 is 0 Å². The number of nitrogen functional groups attached to an aromatic ring is 1. The molecule has 72 heavy (non-hydrogen) atoms. The second-order valence-electron chi connectivity index (χ2n) is 16.7. The largest absolute Gasteiger partial charge is 0.490 e. The molecule has 2 aromatic carbocycles. The Morgan fingerprint density at radius 1 is 0.917 bits per heavy atom. The van der Waals surface area contributed by atoms with Crippen LogP contribution in [0, 0.1) is 0 Å². The molecule has 1 saturated heterocycles. The zero-order chi connectivity index (χ0) is 52.3. The molecule has 2 aromatic heterocycles. The number of nitrogens with zero attached hydrogens (tertiary/aromatic N) is 7. The minimum Gasteiger partial charge on any atom is -0.439 e. The average Bonchev–Trinajstić information content (AvgIpc) is 3.87. The minimum atomic E-state index is -5.86. The first-order chi connectivity index (χ1) is 33.9. The summed E-state index contributed by atoms with van der Waals surface area (Å²) >= 11 is 1.69. The van der Waals surface area contributed by atoms with Crippen molar-refractivity contribution >= 4 is 85.5 Å². The summed E-state index contributed by atoms with van der Waals surface area (Å²) in [5.41, 5.74) is 10.3. The van der Waals surface area contributed by atoms with Crippen molar-refractivity contribution in [1.82, 2.24) is 39.6 Å². The summed E-state index contributed by atoms with van der Waals surface area (Å²) in [4.78, 5) is 94.0. The summed E-state index contributed by atoms with van der Waals surface area (Å²) < 4.78 is 62.9. The van der Waals surface area contributed by atoms with Crippen LogP contribution in [0.25, 0.3) is 42.8 Å². The van der Waals surface area contributed by atoms with Gasteiger partial charge in [-0.15, -0.1) is 11.3 Å². The van der Waals surface area contributed by atoms with Gasteiger partial charge in [0, 0.05) is 91.1 Å². The van der Waals surface area contributed by atoms with Crippen LogP contribution in [0.3, 0.4) is 0 Å². The number of anilines is 2. The number of benzene rings is 3. The summed E-state index contributed by atoms with van der Waals surface area (Å²) in [5.74, 6) is -0.623. The van der Waals surface area contributed by atoms with E-state index in [1.54, 1.807) is 29.4 Å². The quantitative estimate of drug-likeness (QED) is 0.0250. The zero-order valence-electron chi connectivity index (χ0n) is 39.2. The second kappa shape index (κ2) is 22.2. The van der Waals surface area contributed by atoms with E-state index in [0.717, 1.165) is 49.0 Å². The molecular weight excluding hydrogens is 1030 g/mol. The molecule has 0 radical (unpaired) electrons. The first-order valence-electron chi connectivity index (χ1n) is 21.7. The summed E-state index contributed by atoms with van der Waals surface area (Å²) in [7, 11) is -7.54. The van der Waals surface area contributed by atoms with Crippen molar-refractivity contribution in [3.63, 3.8) is 0 Å². The number of aliphatic hydroxyl groups excluding tert-OH is 1. The van der Waals surface area contributed by atoms with Gasteiger partial charge in [0.15, 0.2) is 23.8 Å². The molecule has 26 nitrogen and oxygen atoms in total. The predicted molar refractivity (Wildman–Crippen MR) is 262 cm³/mol. The average molecular weight is 1080 g/mol. The molecule has 2 unspecified atom stereocenters. The van der Waals surface area contributed by atoms with Gasteiger partial charge in [-0.2, -0.15) is 8.62 Å². The lowest BCUT2D eigenvalue weighted by Crippen LogP contribution is -2.41. The van der Waals surface area contributed by atoms with Crippen molar-refractivity contribution in [3.8, 4) is 21.6 Å². The van der Waals surface area contributed by atoms with Gasteiger partial charge in [0.2, 0.25) is 11.3 Å². The number of alkyl carbamates (subject to hydrolysis) is 1. The Morgan fingerprint density at radius 2 is 1.65 bits per heavy atom. The molecule has 386 valence electrons. The van der Waals surface area contributed by atoms with Crippen molar-refractivity contribution in [2.45, 2.75) is 37.4 Å². The SMILES string of the molecule is CN(CCCC(=O)NCCNC(=O)O[C@@H]1[C@H](O)[C@@H](COP(=O)(O)OP(=O)(O)OP(=O)(O)O)O[C@H]1n1cnc2c(N)ncnc21)C(=O)c1ccccc1-c1c2ccc(=[N+](C)C)cc-2sc2cc(N(C)C)ccc12. The third-order valence-corrected chi connectivity index (χ3v) is 16.1. The number of aliphatic hydroxyl groups is 1. The third-order valence-electron chi connectivity index (χ3n) is 11.1. The molecule has 9 N–H and O–H groups in total. The van der Waals surface area contributed by atoms with Gasteiger partial charge < -0.3 is 60.3 Å². The van der Waals surface area contributed by atoms with Crippen LogP contribution in [-0.2, 0) is 41.1 Å². The van der Waals surface area contributed by atoms with Crippen molar-refractivity contribution in [2.24, 2.45) is 0 Å². The molecule has 6 atom stereocenters. The standard InChI is InChI=1S/C42H51N10O16P3S/c1-49(2)24-12-14-28-31(19-24)72-32-20-25(50(3)4)13-15-29(32)34(28)26-9-6-7-10-27(26)40(55)51(5)18-8-11-33(53)44-16-17-45-42(56)66-37-36(54)30(21-64-70(60,61)68-71(62,63)67-69(57,58)59)65-41(37)52-23-48-35-38(43)46-22-47-39(35)52/h6-7,9-10,12-15,19-20,22-23,30,36-37,41,54H,8,11,16-18,21H2,1-5H3,(H7-,43,44,45,46,47,53,56,57,58,59,60,61,62,63)/p+1/t30-,36-,37-,41-/m1/s1. The molecule has 0 spiro atoms. The number of amides is 3. The number of carbonyl (C=O) groups excluding carboxylic acids is 3. The zero-order valence-corrected chi connectivity index (χ0v) is 42.7. The van der Waals surface area contributed by atoms with E-state index in [4.69, 9.17) is 25.0 Å². The number of hydrogen-bond acceptors (Lipinski definition) is 18. The molecule has 0 saturated carbocycles. The fraction of sp³-hybridized carbons (Fsp3) is 0.357. The van der Waals surface area contributed by atoms with E-state index in [-0.39, 0.29) is 54.9 Å². The van der Waals surface area contributed by atoms with E-state index in [1.807, 2.05) is 55.9 Å². The maximum Gasteiger partial charge on any atom is 0.490 e. The summed E-state index contributed by atoms with van der Waals surface area (Å²) in [6.45, 7) is -1.05. The summed E-state index contributed by atoms with van der Waals surface area (Å²) in [6.07, 6.45) is -5.08. The number of hydrogen-bond donors (Lipinski definition) is 8. The van der Waals surface area contributed by atoms with E-state index in [1.165, 1.54) is 10.9 Å². The van der Waals surface area contributed by atoms with E-state index in [2.05, 4.69) is 75.1 Å². The highest BCUT2D eigenvalue weighted by Crippen LogP contribution is 2.66. The number of carbonyl (C=O) groups is 3. The minimum absolute atomic E-state index is 0.0369. The van der Waals surface area contributed by atoms with Crippen molar-refractivity contribution in [2.75, 3.05) is 72.1 Å². The van der Waals surface area contributed by atoms with Crippen LogP contribution in [0.5, 0.6) is 0 Å². The molecule has 1 fully saturated rings. The molecule has 4 heterocycles. The van der Waals surface area contributed by atoms with Crippen LogP contribution in [0.2, 0.25) is 0 Å². The van der Waals surface area contributed by atoms with Gasteiger partial charge in [-0.3, -0.25) is 18.7 Å². The number of nitrogens with two attached hydrogens (primary N) is 1. The number of imidazole rings is 1. The van der Waals surface area contributed by atoms with Crippen LogP contribution >= 0.6 is 34.8 Å². The van der Waals surface area contributed by atoms with Crippen LogP contribution < -0.4 is 31.2 Å². The van der Waals surface area contributed by atoms with Crippen LogP contribution in [0.4, 0.5) is 16.3 Å². The first kappa shape index (κ1) is 54.0. The molecule has 3 aliphatic rings. The molecule has 1 aliphatic carbocycles. The number of phosphoric acid groups is 3. The maximum atomic E-state index is 14.2. The fourth-order valence-corrected chi connectivity index (χ4v) is 11.9. The van der Waals surface area contributed by atoms with Gasteiger partial charge in [-0.1, -0.05) is 24.3 Å². The normalized spacial score (nSPS) is 18.6. The Morgan fingerprint density at radius 3 is 2.38 bits per heavy atom. The number of nitrogens with one attached hydrogen (secondary N) is 2. The van der Waals surface area contributed by atoms with E-state index in [0.29, 0.717) is 12.0 Å². The lowest BCUT2D eigenvalue weighted by molar-refractivity contribution is -0.121. The number of fused-ring (bicyclic) bond motifs is 3. The van der Waals surface area contributed by atoms with Crippen molar-refractivity contribution in [3.05, 3.63) is 84.2 Å². The third kappa shape index (κ3) is 12.9. The number of aromatic nitrogens is 4. The highest BCUT2D eigenvalue weighted by Gasteiger charge is 2.50. The fourth-order valence-electron chi connectivity index (χ4n) is 7.74. The first-order valence-corrected chi connectivity index (χ1v) is 27.0. The topological polar surface area (TPSA) is 353 Å². The molecular formula is C42H52N10O16P3S+. The van der Waals surface area contributed by atoms with Gasteiger partial charge in [-0.25, -0.2) is 38.0 Å². The predicted octanol–water partition coefficient (Wildman–Crippen LogP) is 2.86. The smallest absolute Gasteiger partial charge is 0.439 e. The van der Waals surface area contributed by atoms with E-state index < -0.39 is 60.7 Å². The Balaban J connectivity index is 0.943. The maximum absolute atomic E-state index is 14.2. The summed E-state index contributed by atoms with van der Waals surface area (Å²) in [5, 5.41) is 18.4. The van der Waals surface area contributed by atoms with Gasteiger partial charge in [-0.05, 0) is 41.8 Å². The van der Waals surface area contributed by atoms with E-state index in [9.17, 15) is 43.0 Å². The Hall–Kier alpha value is -5.76. The number of phosphoric ester groups is 1. The molecule has 7 rings (SSSR count). The highest BCUT2D eigenvalue weighted by atomic mass is 32.1. The highest BCUT2D eigenvalue weighted by molar-refractivity contribution is 7.66. The molecule has 30 heteroatoms. The molecule has 3 amide bonds. The van der Waals surface area contributed by atoms with Crippen molar-refractivity contribution in [1.29, 1.82) is 0 Å². The molecule has 2 aliphatic heterocycles. The lowest BCUT2D eigenvalue weighted by Gasteiger charge is -2.22. The molecule has 4 aromatic rings. The monoisotopic (exact) mass is 1080 g/mol. The van der Waals surface area contributed by atoms with Gasteiger partial charge >= 0.3 is 29.6 Å². The lowest BCUT2D eigenvalue weighted by atomic mass is 9.91. The van der Waals surface area contributed by atoms with Gasteiger partial charge in [0.25, 0.3) is 5.91 Å². The van der Waals surface area contributed by atoms with Gasteiger partial charge in [0.05, 0.1) is 12.9 Å². The van der Waals surface area contributed by atoms with Crippen LogP contribution in [0.15, 0.2) is 73.3 Å². The number of ether oxygens (including phenoxy) is 2. The Bertz CT molecular complexity index is 3200. The summed E-state index contributed by atoms with van der Waals surface area (Å²) in [6, 6.07) is 20.1. The Kier molecular flexibility index (Phi) is 16.6. The van der Waals surface area contributed by atoms with Crippen LogP contribution in [0.1, 0.15) is 29.4 Å². The van der Waals surface area contributed by atoms with Gasteiger partial charge in [0.1, 0.15) is 38.1 Å². The Labute approximate surface area is 414 Å². The second-order valence-corrected chi connectivity index (χ2v) is 22.2. The van der Waals surface area contributed by atoms with Crippen LogP contribution in [-0.4, -0.2) is 147 Å². The number of rotatable bonds is 19.